The molecule has 1 saturated heterocycles. The topological polar surface area (TPSA) is 53.6 Å². The molecule has 2 amide bonds. The van der Waals surface area contributed by atoms with Gasteiger partial charge < -0.3 is 20.3 Å². The van der Waals surface area contributed by atoms with Crippen LogP contribution < -0.4 is 20.3 Å². The van der Waals surface area contributed by atoms with Gasteiger partial charge in [-0.3, -0.25) is 0 Å². The fraction of sp³-hybridized carbons (Fsp3) is 0.400. The number of amides is 2. The van der Waals surface area contributed by atoms with Crippen molar-refractivity contribution in [2.75, 3.05) is 24.5 Å². The minimum absolute atomic E-state index is 0.0719. The summed E-state index contributed by atoms with van der Waals surface area (Å²) in [6, 6.07) is 6.22. The summed E-state index contributed by atoms with van der Waals surface area (Å²) in [5.74, 6) is 2.45. The largest absolute Gasteiger partial charge is 0.433 e. The monoisotopic (exact) mass is 309 g/mol. The highest BCUT2D eigenvalue weighted by atomic mass is 19.3. The van der Waals surface area contributed by atoms with Gasteiger partial charge in [0.15, 0.2) is 0 Å². The molecule has 0 unspecified atom stereocenters. The van der Waals surface area contributed by atoms with Crippen molar-refractivity contribution >= 4 is 11.7 Å². The Balaban J connectivity index is 1.96. The number of terminal acetylenes is 1. The highest BCUT2D eigenvalue weighted by Crippen LogP contribution is 2.31. The van der Waals surface area contributed by atoms with Crippen molar-refractivity contribution in [2.24, 2.45) is 0 Å². The number of halogens is 2. The molecule has 0 aromatic heterocycles. The van der Waals surface area contributed by atoms with E-state index < -0.39 is 6.61 Å². The predicted octanol–water partition coefficient (Wildman–Crippen LogP) is 1.80. The van der Waals surface area contributed by atoms with Crippen molar-refractivity contribution in [2.45, 2.75) is 19.1 Å². The van der Waals surface area contributed by atoms with Crippen LogP contribution in [0, 0.1) is 12.3 Å². The van der Waals surface area contributed by atoms with E-state index in [4.69, 9.17) is 6.42 Å². The number of anilines is 1. The molecule has 1 atom stereocenters. The molecule has 1 aliphatic heterocycles. The van der Waals surface area contributed by atoms with E-state index in [0.29, 0.717) is 25.2 Å². The summed E-state index contributed by atoms with van der Waals surface area (Å²) in [4.78, 5) is 13.5. The summed E-state index contributed by atoms with van der Waals surface area (Å²) in [7, 11) is 0. The van der Waals surface area contributed by atoms with Gasteiger partial charge in [-0.1, -0.05) is 18.1 Å². The lowest BCUT2D eigenvalue weighted by Crippen LogP contribution is -2.43. The van der Waals surface area contributed by atoms with E-state index in [1.165, 1.54) is 6.07 Å². The normalized spacial score (nSPS) is 17.2. The van der Waals surface area contributed by atoms with Gasteiger partial charge in [-0.05, 0) is 18.6 Å². The first kappa shape index (κ1) is 15.9. The van der Waals surface area contributed by atoms with Gasteiger partial charge in [-0.2, -0.15) is 8.78 Å². The number of alkyl halides is 2. The molecule has 0 bridgehead atoms. The molecule has 118 valence electrons. The van der Waals surface area contributed by atoms with E-state index >= 15 is 0 Å². The van der Waals surface area contributed by atoms with E-state index in [-0.39, 0.29) is 24.4 Å². The van der Waals surface area contributed by atoms with Gasteiger partial charge in [0.2, 0.25) is 0 Å². The third-order valence-corrected chi connectivity index (χ3v) is 3.30. The number of carbonyl (C=O) groups excluding carboxylic acids is 1. The highest BCUT2D eigenvalue weighted by Gasteiger charge is 2.26. The predicted molar refractivity (Wildman–Crippen MR) is 79.1 cm³/mol. The third-order valence-electron chi connectivity index (χ3n) is 3.30. The summed E-state index contributed by atoms with van der Waals surface area (Å²) < 4.78 is 29.4. The summed E-state index contributed by atoms with van der Waals surface area (Å²) in [5.41, 5.74) is 0.594. The maximum atomic E-state index is 12.4. The summed E-state index contributed by atoms with van der Waals surface area (Å²) in [6.45, 7) is -1.54. The van der Waals surface area contributed by atoms with Crippen molar-refractivity contribution in [3.63, 3.8) is 0 Å². The van der Waals surface area contributed by atoms with Crippen LogP contribution in [-0.4, -0.2) is 38.3 Å². The molecule has 7 heteroatoms. The number of urea groups is 1. The van der Waals surface area contributed by atoms with Gasteiger partial charge in [0.1, 0.15) is 5.75 Å². The van der Waals surface area contributed by atoms with Gasteiger partial charge in [0, 0.05) is 19.1 Å². The van der Waals surface area contributed by atoms with Gasteiger partial charge in [0.25, 0.3) is 0 Å². The van der Waals surface area contributed by atoms with E-state index in [0.717, 1.165) is 0 Å². The highest BCUT2D eigenvalue weighted by molar-refractivity contribution is 5.74. The van der Waals surface area contributed by atoms with Crippen molar-refractivity contribution in [3.05, 3.63) is 24.3 Å². The van der Waals surface area contributed by atoms with E-state index in [1.54, 1.807) is 18.2 Å². The molecule has 22 heavy (non-hydrogen) atoms. The second-order valence-corrected chi connectivity index (χ2v) is 4.81. The standard InChI is InChI=1S/C15H17F2N3O2/c1-2-8-18-15(21)19-11-7-9-20(10-11)12-5-3-4-6-13(12)22-14(16)17/h1,3-6,11,14H,7-10H2,(H2,18,19,21)/t11-/m1/s1. The van der Waals surface area contributed by atoms with Gasteiger partial charge in [-0.15, -0.1) is 6.42 Å². The molecular weight excluding hydrogens is 292 g/mol. The fourth-order valence-corrected chi connectivity index (χ4v) is 2.38. The number of hydrogen-bond donors (Lipinski definition) is 2. The lowest BCUT2D eigenvalue weighted by Gasteiger charge is -2.22. The van der Waals surface area contributed by atoms with Crippen LogP contribution in [0.15, 0.2) is 24.3 Å². The first-order valence-electron chi connectivity index (χ1n) is 6.86. The molecule has 0 spiro atoms. The average molecular weight is 309 g/mol. The van der Waals surface area contributed by atoms with Gasteiger partial charge in [-0.25, -0.2) is 4.79 Å². The molecule has 2 N–H and O–H groups in total. The average Bonchev–Trinajstić information content (AvgIpc) is 2.93. The molecular formula is C15H17F2N3O2. The van der Waals surface area contributed by atoms with E-state index in [9.17, 15) is 13.6 Å². The number of nitrogens with zero attached hydrogens (tertiary/aromatic N) is 1. The van der Waals surface area contributed by atoms with Crippen LogP contribution >= 0.6 is 0 Å². The van der Waals surface area contributed by atoms with Gasteiger partial charge in [0.05, 0.1) is 12.2 Å². The molecule has 0 saturated carbocycles. The molecule has 5 nitrogen and oxygen atoms in total. The SMILES string of the molecule is C#CCNC(=O)N[C@@H]1CCN(c2ccccc2OC(F)F)C1. The van der Waals surface area contributed by atoms with Crippen molar-refractivity contribution < 1.29 is 18.3 Å². The minimum Gasteiger partial charge on any atom is -0.433 e. The van der Waals surface area contributed by atoms with Crippen molar-refractivity contribution in [1.82, 2.24) is 10.6 Å². The number of benzene rings is 1. The van der Waals surface area contributed by atoms with E-state index in [1.807, 2.05) is 4.90 Å². The molecule has 0 aliphatic carbocycles. The van der Waals surface area contributed by atoms with Crippen LogP contribution in [0.2, 0.25) is 0 Å². The van der Waals surface area contributed by atoms with Crippen LogP contribution in [0.1, 0.15) is 6.42 Å². The second kappa shape index (κ2) is 7.50. The van der Waals surface area contributed by atoms with Crippen LogP contribution in [-0.2, 0) is 0 Å². The smallest absolute Gasteiger partial charge is 0.387 e. The molecule has 2 rings (SSSR count). The fourth-order valence-electron chi connectivity index (χ4n) is 2.38. The van der Waals surface area contributed by atoms with Crippen LogP contribution in [0.4, 0.5) is 19.3 Å². The maximum Gasteiger partial charge on any atom is 0.387 e. The quantitative estimate of drug-likeness (QED) is 0.816. The molecule has 0 radical (unpaired) electrons. The number of para-hydroxylation sites is 2. The molecule has 1 heterocycles. The number of hydrogen-bond acceptors (Lipinski definition) is 3. The van der Waals surface area contributed by atoms with E-state index in [2.05, 4.69) is 21.3 Å². The summed E-state index contributed by atoms with van der Waals surface area (Å²) in [6.07, 6.45) is 5.78. The Bertz CT molecular complexity index is 560. The number of carbonyl (C=O) groups is 1. The molecule has 1 aromatic rings. The van der Waals surface area contributed by atoms with Gasteiger partial charge >= 0.3 is 12.6 Å². The Morgan fingerprint density at radius 3 is 3.00 bits per heavy atom. The van der Waals surface area contributed by atoms with Crippen LogP contribution in [0.5, 0.6) is 5.75 Å². The lowest BCUT2D eigenvalue weighted by atomic mass is 10.2. The zero-order valence-corrected chi connectivity index (χ0v) is 11.9. The summed E-state index contributed by atoms with van der Waals surface area (Å²) in [5, 5.41) is 5.32. The van der Waals surface area contributed by atoms with Crippen LogP contribution in [0.3, 0.4) is 0 Å². The zero-order valence-electron chi connectivity index (χ0n) is 11.9. The lowest BCUT2D eigenvalue weighted by molar-refractivity contribution is -0.0495. The second-order valence-electron chi connectivity index (χ2n) is 4.81. The first-order valence-corrected chi connectivity index (χ1v) is 6.86. The Labute approximate surface area is 127 Å². The number of rotatable bonds is 5. The Kier molecular flexibility index (Phi) is 5.42. The van der Waals surface area contributed by atoms with Crippen molar-refractivity contribution in [3.8, 4) is 18.1 Å². The first-order chi connectivity index (χ1) is 10.6. The zero-order chi connectivity index (χ0) is 15.9. The maximum absolute atomic E-state index is 12.4. The molecule has 1 aliphatic rings. The minimum atomic E-state index is -2.87. The number of nitrogens with one attached hydrogen (secondary N) is 2. The molecule has 1 fully saturated rings. The summed E-state index contributed by atoms with van der Waals surface area (Å²) >= 11 is 0. The Hall–Kier alpha value is -2.49. The Morgan fingerprint density at radius 1 is 1.50 bits per heavy atom. The van der Waals surface area contributed by atoms with Crippen LogP contribution in [0.25, 0.3) is 0 Å². The third kappa shape index (κ3) is 4.25. The molecule has 1 aromatic carbocycles. The van der Waals surface area contributed by atoms with Crippen molar-refractivity contribution in [1.29, 1.82) is 0 Å². The Morgan fingerprint density at radius 2 is 2.27 bits per heavy atom. The number of ether oxygens (including phenoxy) is 1.